The van der Waals surface area contributed by atoms with Crippen molar-refractivity contribution >= 4 is 10.8 Å². The number of ether oxygens (including phenoxy) is 1. The molecule has 0 aliphatic heterocycles. The molecule has 2 heteroatoms. The van der Waals surface area contributed by atoms with E-state index in [0.717, 1.165) is 29.7 Å². The Hall–Kier alpha value is -1.54. The summed E-state index contributed by atoms with van der Waals surface area (Å²) in [5.74, 6) is 0.945. The Balaban J connectivity index is 2.54. The van der Waals surface area contributed by atoms with Gasteiger partial charge in [-0.05, 0) is 23.4 Å². The molecule has 0 spiro atoms. The molecule has 0 aromatic heterocycles. The first-order valence-corrected chi connectivity index (χ1v) is 5.70. The summed E-state index contributed by atoms with van der Waals surface area (Å²) >= 11 is 0. The summed E-state index contributed by atoms with van der Waals surface area (Å²) in [5.41, 5.74) is 6.90. The molecule has 0 fully saturated rings. The Kier molecular flexibility index (Phi) is 3.42. The van der Waals surface area contributed by atoms with Crippen LogP contribution in [0.1, 0.15) is 18.9 Å². The van der Waals surface area contributed by atoms with Gasteiger partial charge >= 0.3 is 0 Å². The van der Waals surface area contributed by atoms with Gasteiger partial charge < -0.3 is 10.5 Å². The molecular weight excluding hydrogens is 198 g/mol. The highest BCUT2D eigenvalue weighted by atomic mass is 16.5. The molecule has 0 unspecified atom stereocenters. The van der Waals surface area contributed by atoms with Gasteiger partial charge in [0.25, 0.3) is 0 Å². The van der Waals surface area contributed by atoms with E-state index >= 15 is 0 Å². The number of rotatable bonds is 4. The van der Waals surface area contributed by atoms with Gasteiger partial charge in [0.2, 0.25) is 0 Å². The highest BCUT2D eigenvalue weighted by Crippen LogP contribution is 2.28. The van der Waals surface area contributed by atoms with Crippen molar-refractivity contribution in [1.82, 2.24) is 0 Å². The molecule has 0 atom stereocenters. The van der Waals surface area contributed by atoms with E-state index in [2.05, 4.69) is 25.1 Å². The first-order valence-electron chi connectivity index (χ1n) is 5.70. The Bertz CT molecular complexity index is 474. The fourth-order valence-corrected chi connectivity index (χ4v) is 1.88. The van der Waals surface area contributed by atoms with E-state index in [9.17, 15) is 0 Å². The molecule has 2 N–H and O–H groups in total. The number of benzene rings is 2. The van der Waals surface area contributed by atoms with E-state index in [-0.39, 0.29) is 0 Å². The van der Waals surface area contributed by atoms with Gasteiger partial charge in [-0.1, -0.05) is 37.3 Å². The maximum absolute atomic E-state index is 5.76. The number of fused-ring (bicyclic) bond motifs is 1. The van der Waals surface area contributed by atoms with E-state index in [0.29, 0.717) is 6.54 Å². The van der Waals surface area contributed by atoms with Crippen molar-refractivity contribution in [2.24, 2.45) is 5.73 Å². The van der Waals surface area contributed by atoms with Crippen LogP contribution in [-0.2, 0) is 6.54 Å². The monoisotopic (exact) mass is 215 g/mol. The lowest BCUT2D eigenvalue weighted by atomic mass is 10.0. The van der Waals surface area contributed by atoms with Crippen molar-refractivity contribution in [3.63, 3.8) is 0 Å². The molecule has 2 rings (SSSR count). The molecule has 0 saturated heterocycles. The van der Waals surface area contributed by atoms with Gasteiger partial charge in [-0.2, -0.15) is 0 Å². The summed E-state index contributed by atoms with van der Waals surface area (Å²) in [7, 11) is 0. The second-order valence-corrected chi connectivity index (χ2v) is 3.82. The fraction of sp³-hybridized carbons (Fsp3) is 0.286. The number of nitrogens with two attached hydrogens (primary N) is 1. The summed E-state index contributed by atoms with van der Waals surface area (Å²) in [5, 5.41) is 2.34. The molecule has 2 nitrogen and oxygen atoms in total. The van der Waals surface area contributed by atoms with Crippen LogP contribution in [0.4, 0.5) is 0 Å². The number of hydrogen-bond acceptors (Lipinski definition) is 2. The van der Waals surface area contributed by atoms with Gasteiger partial charge in [0, 0.05) is 11.9 Å². The maximum Gasteiger partial charge on any atom is 0.127 e. The molecule has 0 aliphatic rings. The second kappa shape index (κ2) is 4.99. The summed E-state index contributed by atoms with van der Waals surface area (Å²) in [4.78, 5) is 0. The van der Waals surface area contributed by atoms with Crippen LogP contribution in [0.25, 0.3) is 10.8 Å². The second-order valence-electron chi connectivity index (χ2n) is 3.82. The third-order valence-corrected chi connectivity index (χ3v) is 2.63. The van der Waals surface area contributed by atoms with E-state index in [4.69, 9.17) is 10.5 Å². The zero-order chi connectivity index (χ0) is 11.4. The molecule has 0 aliphatic carbocycles. The molecule has 0 radical (unpaired) electrons. The quantitative estimate of drug-likeness (QED) is 0.850. The minimum Gasteiger partial charge on any atom is -0.493 e. The summed E-state index contributed by atoms with van der Waals surface area (Å²) in [6.07, 6.45) is 1.02. The standard InChI is InChI=1S/C14H17NO/c1-2-9-16-13-8-4-6-11-5-3-7-12(10-15)14(11)13/h3-8H,2,9-10,15H2,1H3. The van der Waals surface area contributed by atoms with E-state index in [1.807, 2.05) is 18.2 Å². The van der Waals surface area contributed by atoms with Crippen LogP contribution in [0.3, 0.4) is 0 Å². The lowest BCUT2D eigenvalue weighted by molar-refractivity contribution is 0.321. The summed E-state index contributed by atoms with van der Waals surface area (Å²) in [6.45, 7) is 3.40. The third-order valence-electron chi connectivity index (χ3n) is 2.63. The zero-order valence-corrected chi connectivity index (χ0v) is 9.57. The lowest BCUT2D eigenvalue weighted by Gasteiger charge is -2.11. The van der Waals surface area contributed by atoms with Gasteiger partial charge in [-0.3, -0.25) is 0 Å². The van der Waals surface area contributed by atoms with Crippen LogP contribution in [-0.4, -0.2) is 6.61 Å². The molecule has 84 valence electrons. The van der Waals surface area contributed by atoms with Gasteiger partial charge in [0.05, 0.1) is 6.61 Å². The lowest BCUT2D eigenvalue weighted by Crippen LogP contribution is -2.00. The van der Waals surface area contributed by atoms with Crippen molar-refractivity contribution in [1.29, 1.82) is 0 Å². The summed E-state index contributed by atoms with van der Waals surface area (Å²) < 4.78 is 5.76. The third kappa shape index (κ3) is 2.02. The Morgan fingerprint density at radius 2 is 1.88 bits per heavy atom. The normalized spacial score (nSPS) is 10.6. The Morgan fingerprint density at radius 3 is 2.56 bits per heavy atom. The van der Waals surface area contributed by atoms with E-state index in [1.54, 1.807) is 0 Å². The zero-order valence-electron chi connectivity index (χ0n) is 9.57. The van der Waals surface area contributed by atoms with Gasteiger partial charge in [0.1, 0.15) is 5.75 Å². The molecule has 0 bridgehead atoms. The van der Waals surface area contributed by atoms with E-state index in [1.165, 1.54) is 5.39 Å². The maximum atomic E-state index is 5.76. The molecule has 0 amide bonds. The minimum atomic E-state index is 0.545. The highest BCUT2D eigenvalue weighted by Gasteiger charge is 2.05. The predicted molar refractivity (Wildman–Crippen MR) is 67.6 cm³/mol. The van der Waals surface area contributed by atoms with Crippen molar-refractivity contribution in [3.8, 4) is 5.75 Å². The van der Waals surface area contributed by atoms with Gasteiger partial charge in [0.15, 0.2) is 0 Å². The van der Waals surface area contributed by atoms with Crippen LogP contribution in [0.2, 0.25) is 0 Å². The Morgan fingerprint density at radius 1 is 1.12 bits per heavy atom. The number of hydrogen-bond donors (Lipinski definition) is 1. The molecule has 0 saturated carbocycles. The van der Waals surface area contributed by atoms with Crippen LogP contribution in [0.5, 0.6) is 5.75 Å². The molecule has 0 heterocycles. The minimum absolute atomic E-state index is 0.545. The van der Waals surface area contributed by atoms with Crippen molar-refractivity contribution < 1.29 is 4.74 Å². The molecule has 2 aromatic carbocycles. The SMILES string of the molecule is CCCOc1cccc2cccc(CN)c12. The highest BCUT2D eigenvalue weighted by molar-refractivity contribution is 5.91. The average molecular weight is 215 g/mol. The van der Waals surface area contributed by atoms with Crippen LogP contribution >= 0.6 is 0 Å². The molecule has 2 aromatic rings. The van der Waals surface area contributed by atoms with Crippen LogP contribution < -0.4 is 10.5 Å². The summed E-state index contributed by atoms with van der Waals surface area (Å²) in [6, 6.07) is 12.3. The van der Waals surface area contributed by atoms with Gasteiger partial charge in [-0.25, -0.2) is 0 Å². The topological polar surface area (TPSA) is 35.2 Å². The largest absolute Gasteiger partial charge is 0.493 e. The van der Waals surface area contributed by atoms with E-state index < -0.39 is 0 Å². The first kappa shape index (κ1) is 11.0. The van der Waals surface area contributed by atoms with Crippen molar-refractivity contribution in [2.45, 2.75) is 19.9 Å². The van der Waals surface area contributed by atoms with Crippen molar-refractivity contribution in [3.05, 3.63) is 42.0 Å². The molecule has 16 heavy (non-hydrogen) atoms. The smallest absolute Gasteiger partial charge is 0.127 e. The Labute approximate surface area is 96.0 Å². The molecular formula is C14H17NO. The average Bonchev–Trinajstić information content (AvgIpc) is 2.35. The predicted octanol–water partition coefficient (Wildman–Crippen LogP) is 3.09. The van der Waals surface area contributed by atoms with Crippen molar-refractivity contribution in [2.75, 3.05) is 6.61 Å². The van der Waals surface area contributed by atoms with Crippen LogP contribution in [0, 0.1) is 0 Å². The fourth-order valence-electron chi connectivity index (χ4n) is 1.88. The first-order chi connectivity index (χ1) is 7.86. The van der Waals surface area contributed by atoms with Gasteiger partial charge in [-0.15, -0.1) is 0 Å². The van der Waals surface area contributed by atoms with Crippen LogP contribution in [0.15, 0.2) is 36.4 Å².